The van der Waals surface area contributed by atoms with E-state index in [4.69, 9.17) is 28.9 Å². The zero-order chi connectivity index (χ0) is 14.5. The summed E-state index contributed by atoms with van der Waals surface area (Å²) in [5.74, 6) is 0.0217. The smallest absolute Gasteiger partial charge is 0.167 e. The summed E-state index contributed by atoms with van der Waals surface area (Å²) in [4.78, 5) is 12.2. The molecular formula is C16H15Cl2NO. The summed E-state index contributed by atoms with van der Waals surface area (Å²) in [6, 6.07) is 12.7. The second kappa shape index (κ2) is 6.89. The van der Waals surface area contributed by atoms with Gasteiger partial charge in [0.1, 0.15) is 0 Å². The fourth-order valence-corrected chi connectivity index (χ4v) is 2.36. The summed E-state index contributed by atoms with van der Waals surface area (Å²) in [5, 5.41) is 1.14. The van der Waals surface area contributed by atoms with Crippen LogP contribution in [0.2, 0.25) is 10.0 Å². The van der Waals surface area contributed by atoms with Crippen molar-refractivity contribution in [1.82, 2.24) is 0 Å². The highest BCUT2D eigenvalue weighted by molar-refractivity contribution is 6.33. The Morgan fingerprint density at radius 2 is 1.75 bits per heavy atom. The van der Waals surface area contributed by atoms with Gasteiger partial charge >= 0.3 is 0 Å². The Morgan fingerprint density at radius 1 is 1.05 bits per heavy atom. The number of halogens is 2. The Bertz CT molecular complexity index is 608. The maximum atomic E-state index is 12.2. The number of rotatable bonds is 5. The highest BCUT2D eigenvalue weighted by Crippen LogP contribution is 2.22. The van der Waals surface area contributed by atoms with Crippen LogP contribution >= 0.6 is 23.2 Å². The van der Waals surface area contributed by atoms with Crippen molar-refractivity contribution < 1.29 is 4.79 Å². The van der Waals surface area contributed by atoms with Crippen LogP contribution in [0, 0.1) is 0 Å². The third kappa shape index (κ3) is 3.83. The minimum absolute atomic E-state index is 0.0217. The number of benzene rings is 2. The van der Waals surface area contributed by atoms with Gasteiger partial charge in [0.05, 0.1) is 0 Å². The van der Waals surface area contributed by atoms with Gasteiger partial charge in [-0.3, -0.25) is 4.79 Å². The lowest BCUT2D eigenvalue weighted by molar-refractivity contribution is 0.0993. The van der Waals surface area contributed by atoms with Crippen molar-refractivity contribution >= 4 is 29.0 Å². The number of ketones is 1. The average Bonchev–Trinajstić information content (AvgIpc) is 2.44. The van der Waals surface area contributed by atoms with E-state index in [1.165, 1.54) is 0 Å². The Labute approximate surface area is 128 Å². The van der Waals surface area contributed by atoms with Gasteiger partial charge in [-0.2, -0.15) is 0 Å². The van der Waals surface area contributed by atoms with Crippen molar-refractivity contribution in [1.29, 1.82) is 0 Å². The lowest BCUT2D eigenvalue weighted by atomic mass is 10.0. The van der Waals surface area contributed by atoms with Gasteiger partial charge in [-0.05, 0) is 42.3 Å². The first-order valence-electron chi connectivity index (χ1n) is 6.36. The average molecular weight is 308 g/mol. The molecular weight excluding hydrogens is 293 g/mol. The number of nitrogens with two attached hydrogens (primary N) is 1. The summed E-state index contributed by atoms with van der Waals surface area (Å²) < 4.78 is 0. The van der Waals surface area contributed by atoms with Crippen molar-refractivity contribution in [2.75, 3.05) is 6.54 Å². The van der Waals surface area contributed by atoms with Gasteiger partial charge in [0, 0.05) is 22.0 Å². The van der Waals surface area contributed by atoms with E-state index in [1.54, 1.807) is 18.2 Å². The van der Waals surface area contributed by atoms with Crippen molar-refractivity contribution in [3.05, 3.63) is 69.2 Å². The van der Waals surface area contributed by atoms with E-state index in [1.807, 2.05) is 24.3 Å². The molecule has 2 aromatic carbocycles. The Hall–Kier alpha value is -1.35. The molecule has 0 radical (unpaired) electrons. The third-order valence-corrected chi connectivity index (χ3v) is 3.67. The minimum atomic E-state index is 0.0217. The second-order valence-corrected chi connectivity index (χ2v) is 5.41. The lowest BCUT2D eigenvalue weighted by Crippen LogP contribution is -2.06. The number of carbonyl (C=O) groups excluding carboxylic acids is 1. The van der Waals surface area contributed by atoms with E-state index in [0.29, 0.717) is 22.2 Å². The predicted octanol–water partition coefficient (Wildman–Crippen LogP) is 3.92. The third-order valence-electron chi connectivity index (χ3n) is 3.07. The molecule has 0 saturated heterocycles. The van der Waals surface area contributed by atoms with Crippen LogP contribution < -0.4 is 5.73 Å². The van der Waals surface area contributed by atoms with Gasteiger partial charge < -0.3 is 5.73 Å². The van der Waals surface area contributed by atoms with Crippen LogP contribution in [0.1, 0.15) is 21.5 Å². The molecule has 0 bridgehead atoms. The van der Waals surface area contributed by atoms with Crippen LogP contribution in [0.4, 0.5) is 0 Å². The van der Waals surface area contributed by atoms with E-state index in [9.17, 15) is 4.79 Å². The van der Waals surface area contributed by atoms with Crippen molar-refractivity contribution in [3.63, 3.8) is 0 Å². The van der Waals surface area contributed by atoms with Gasteiger partial charge in [-0.25, -0.2) is 0 Å². The zero-order valence-corrected chi connectivity index (χ0v) is 12.4. The molecule has 0 amide bonds. The van der Waals surface area contributed by atoms with Crippen molar-refractivity contribution in [2.45, 2.75) is 12.8 Å². The van der Waals surface area contributed by atoms with E-state index in [2.05, 4.69) is 0 Å². The van der Waals surface area contributed by atoms with Crippen LogP contribution in [-0.2, 0) is 12.8 Å². The summed E-state index contributed by atoms with van der Waals surface area (Å²) in [6.07, 6.45) is 1.06. The summed E-state index contributed by atoms with van der Waals surface area (Å²) in [6.45, 7) is 0.603. The molecule has 20 heavy (non-hydrogen) atoms. The normalized spacial score (nSPS) is 10.6. The Morgan fingerprint density at radius 3 is 2.40 bits per heavy atom. The molecule has 0 spiro atoms. The SMILES string of the molecule is NCCc1ccc(C(=O)Cc2cc(Cl)ccc2Cl)cc1. The number of Topliss-reactive ketones (excluding diaryl/α,β-unsaturated/α-hetero) is 1. The fourth-order valence-electron chi connectivity index (χ4n) is 1.98. The summed E-state index contributed by atoms with van der Waals surface area (Å²) in [7, 11) is 0. The molecule has 2 nitrogen and oxygen atoms in total. The van der Waals surface area contributed by atoms with Gasteiger partial charge in [-0.15, -0.1) is 0 Å². The second-order valence-electron chi connectivity index (χ2n) is 4.57. The molecule has 2 N–H and O–H groups in total. The van der Waals surface area contributed by atoms with Crippen LogP contribution in [0.15, 0.2) is 42.5 Å². The topological polar surface area (TPSA) is 43.1 Å². The highest BCUT2D eigenvalue weighted by atomic mass is 35.5. The molecule has 4 heteroatoms. The number of hydrogen-bond acceptors (Lipinski definition) is 2. The molecule has 0 saturated carbocycles. The Balaban J connectivity index is 2.13. The Kier molecular flexibility index (Phi) is 5.18. The first kappa shape index (κ1) is 15.0. The molecule has 0 aliphatic carbocycles. The first-order valence-corrected chi connectivity index (χ1v) is 7.12. The van der Waals surface area contributed by atoms with E-state index in [-0.39, 0.29) is 12.2 Å². The van der Waals surface area contributed by atoms with Gasteiger partial charge in [-0.1, -0.05) is 47.5 Å². The quantitative estimate of drug-likeness (QED) is 0.851. The number of carbonyl (C=O) groups is 1. The molecule has 104 valence electrons. The molecule has 0 aliphatic rings. The minimum Gasteiger partial charge on any atom is -0.330 e. The zero-order valence-electron chi connectivity index (χ0n) is 10.9. The van der Waals surface area contributed by atoms with Crippen LogP contribution in [0.5, 0.6) is 0 Å². The van der Waals surface area contributed by atoms with E-state index in [0.717, 1.165) is 17.5 Å². The predicted molar refractivity (Wildman–Crippen MR) is 83.7 cm³/mol. The summed E-state index contributed by atoms with van der Waals surface area (Å²) >= 11 is 12.0. The highest BCUT2D eigenvalue weighted by Gasteiger charge is 2.10. The molecule has 0 aromatic heterocycles. The monoisotopic (exact) mass is 307 g/mol. The molecule has 0 aliphatic heterocycles. The van der Waals surface area contributed by atoms with Crippen molar-refractivity contribution in [2.24, 2.45) is 5.73 Å². The molecule has 2 aromatic rings. The maximum absolute atomic E-state index is 12.2. The summed E-state index contributed by atoms with van der Waals surface area (Å²) in [5.41, 5.74) is 8.04. The first-order chi connectivity index (χ1) is 9.60. The van der Waals surface area contributed by atoms with Gasteiger partial charge in [0.25, 0.3) is 0 Å². The largest absolute Gasteiger partial charge is 0.330 e. The van der Waals surface area contributed by atoms with E-state index < -0.39 is 0 Å². The fraction of sp³-hybridized carbons (Fsp3) is 0.188. The lowest BCUT2D eigenvalue weighted by Gasteiger charge is -2.06. The molecule has 0 heterocycles. The van der Waals surface area contributed by atoms with Crippen molar-refractivity contribution in [3.8, 4) is 0 Å². The molecule has 0 fully saturated rings. The standard InChI is InChI=1S/C16H15Cl2NO/c17-14-5-6-15(18)13(9-14)10-16(20)12-3-1-11(2-4-12)7-8-19/h1-6,9H,7-8,10,19H2. The molecule has 0 unspecified atom stereocenters. The van der Waals surface area contributed by atoms with Gasteiger partial charge in [0.15, 0.2) is 5.78 Å². The molecule has 2 rings (SSSR count). The maximum Gasteiger partial charge on any atom is 0.167 e. The van der Waals surface area contributed by atoms with Gasteiger partial charge in [0.2, 0.25) is 0 Å². The van der Waals surface area contributed by atoms with Crippen LogP contribution in [-0.4, -0.2) is 12.3 Å². The van der Waals surface area contributed by atoms with E-state index >= 15 is 0 Å². The molecule has 0 atom stereocenters. The van der Waals surface area contributed by atoms with Crippen LogP contribution in [0.3, 0.4) is 0 Å². The number of hydrogen-bond donors (Lipinski definition) is 1. The van der Waals surface area contributed by atoms with Crippen LogP contribution in [0.25, 0.3) is 0 Å².